The Morgan fingerprint density at radius 3 is 2.35 bits per heavy atom. The molecule has 1 aromatic rings. The number of hydrogen-bond acceptors (Lipinski definition) is 7. The number of para-hydroxylation sites is 1. The highest BCUT2D eigenvalue weighted by Gasteiger charge is 2.65. The predicted octanol–water partition coefficient (Wildman–Crippen LogP) is 2.21. The Morgan fingerprint density at radius 2 is 1.76 bits per heavy atom. The van der Waals surface area contributed by atoms with Crippen LogP contribution in [0.25, 0.3) is 0 Å². The Morgan fingerprint density at radius 1 is 1.11 bits per heavy atom. The van der Waals surface area contributed by atoms with E-state index in [9.17, 15) is 21.6 Å². The number of carbonyl (C=O) groups is 1. The highest BCUT2D eigenvalue weighted by atomic mass is 32.2. The van der Waals surface area contributed by atoms with Crippen LogP contribution in [-0.4, -0.2) is 82.7 Å². The molecular weight excluding hydrogens is 512 g/mol. The van der Waals surface area contributed by atoms with Crippen LogP contribution in [0.15, 0.2) is 24.3 Å². The van der Waals surface area contributed by atoms with E-state index in [0.29, 0.717) is 39.0 Å². The summed E-state index contributed by atoms with van der Waals surface area (Å²) in [6, 6.07) is 7.76. The molecule has 4 rings (SSSR count). The van der Waals surface area contributed by atoms with E-state index in [4.69, 9.17) is 5.41 Å². The van der Waals surface area contributed by atoms with E-state index in [-0.39, 0.29) is 41.0 Å². The molecule has 1 heterocycles. The van der Waals surface area contributed by atoms with Gasteiger partial charge in [-0.1, -0.05) is 32.0 Å². The molecule has 1 saturated heterocycles. The number of nitrogens with one attached hydrogen (secondary N) is 2. The van der Waals surface area contributed by atoms with Crippen LogP contribution in [0, 0.1) is 29.1 Å². The van der Waals surface area contributed by atoms with Gasteiger partial charge in [0.15, 0.2) is 0 Å². The average Bonchev–Trinajstić information content (AvgIpc) is 3.17. The molecule has 0 aromatic heterocycles. The Kier molecular flexibility index (Phi) is 7.55. The molecule has 9 nitrogen and oxygen atoms in total. The van der Waals surface area contributed by atoms with Crippen molar-refractivity contribution < 1.29 is 21.6 Å². The van der Waals surface area contributed by atoms with Crippen molar-refractivity contribution in [2.75, 3.05) is 48.8 Å². The highest BCUT2D eigenvalue weighted by molar-refractivity contribution is 7.90. The molecule has 2 N–H and O–H groups in total. The number of benzene rings is 1. The van der Waals surface area contributed by atoms with Crippen molar-refractivity contribution in [2.24, 2.45) is 16.7 Å². The number of fused-ring (bicyclic) bond motifs is 2. The van der Waals surface area contributed by atoms with Crippen LogP contribution >= 0.6 is 0 Å². The first kappa shape index (κ1) is 28.0. The number of amides is 1. The Labute approximate surface area is 221 Å². The SMILES string of the molecule is Cc1ccccc1N1CCN(S(=O)(=O)CC23CCC(CC2NC(=O)C(=N)CCS(C)(=O)=O)C3(C)C)CC1. The molecule has 2 saturated carbocycles. The number of nitrogens with zero attached hydrogens (tertiary/aromatic N) is 2. The van der Waals surface area contributed by atoms with Gasteiger partial charge in [-0.05, 0) is 49.1 Å². The van der Waals surface area contributed by atoms with Gasteiger partial charge in [-0.2, -0.15) is 4.31 Å². The van der Waals surface area contributed by atoms with Crippen molar-refractivity contribution in [1.29, 1.82) is 5.41 Å². The smallest absolute Gasteiger partial charge is 0.265 e. The summed E-state index contributed by atoms with van der Waals surface area (Å²) in [5, 5.41) is 11.0. The molecule has 1 aromatic carbocycles. The Balaban J connectivity index is 1.47. The van der Waals surface area contributed by atoms with Gasteiger partial charge < -0.3 is 10.2 Å². The summed E-state index contributed by atoms with van der Waals surface area (Å²) < 4.78 is 52.1. The van der Waals surface area contributed by atoms with Gasteiger partial charge in [-0.25, -0.2) is 16.8 Å². The molecule has 206 valence electrons. The molecule has 11 heteroatoms. The van der Waals surface area contributed by atoms with Crippen LogP contribution in [0.1, 0.15) is 45.1 Å². The molecule has 3 fully saturated rings. The van der Waals surface area contributed by atoms with Gasteiger partial charge in [0, 0.05) is 56.0 Å². The fourth-order valence-corrected chi connectivity index (χ4v) is 9.66. The third-order valence-corrected chi connectivity index (χ3v) is 12.2. The molecule has 3 atom stereocenters. The van der Waals surface area contributed by atoms with E-state index in [0.717, 1.165) is 18.4 Å². The van der Waals surface area contributed by atoms with Crippen LogP contribution in [0.5, 0.6) is 0 Å². The maximum atomic E-state index is 13.8. The molecular formula is C26H40N4O5S2. The summed E-state index contributed by atoms with van der Waals surface area (Å²) in [5.41, 5.74) is 1.11. The molecule has 3 aliphatic rings. The van der Waals surface area contributed by atoms with Crippen molar-refractivity contribution in [3.63, 3.8) is 0 Å². The zero-order valence-electron chi connectivity index (χ0n) is 22.3. The normalized spacial score (nSPS) is 27.8. The number of anilines is 1. The number of carbonyl (C=O) groups excluding carboxylic acids is 1. The number of sulfonamides is 1. The molecule has 2 aliphatic carbocycles. The Bertz CT molecular complexity index is 1270. The number of hydrogen-bond donors (Lipinski definition) is 2. The summed E-state index contributed by atoms with van der Waals surface area (Å²) in [6.07, 6.45) is 3.23. The second kappa shape index (κ2) is 9.96. The largest absolute Gasteiger partial charge is 0.369 e. The fraction of sp³-hybridized carbons (Fsp3) is 0.692. The van der Waals surface area contributed by atoms with E-state index in [1.807, 2.05) is 12.1 Å². The lowest BCUT2D eigenvalue weighted by molar-refractivity contribution is -0.116. The minimum atomic E-state index is -3.59. The standard InChI is InChI=1S/C26H40N4O5S2/c1-19-7-5-6-8-22(19)29-12-14-30(15-13-29)37(34,35)18-26-11-9-20(25(26,2)3)17-23(26)28-24(31)21(27)10-16-36(4,32)33/h5-8,20,23,27H,9-18H2,1-4H3,(H,28,31). The van der Waals surface area contributed by atoms with Gasteiger partial charge in [0.1, 0.15) is 9.84 Å². The maximum absolute atomic E-state index is 13.8. The van der Waals surface area contributed by atoms with Crippen molar-refractivity contribution in [3.05, 3.63) is 29.8 Å². The van der Waals surface area contributed by atoms with Gasteiger partial charge in [-0.3, -0.25) is 10.2 Å². The van der Waals surface area contributed by atoms with Gasteiger partial charge in [0.2, 0.25) is 10.0 Å². The quantitative estimate of drug-likeness (QED) is 0.452. The maximum Gasteiger partial charge on any atom is 0.265 e. The number of aryl methyl sites for hydroxylation is 1. The van der Waals surface area contributed by atoms with Gasteiger partial charge in [0.05, 0.1) is 17.2 Å². The minimum absolute atomic E-state index is 0.0323. The molecule has 1 amide bonds. The minimum Gasteiger partial charge on any atom is -0.369 e. The molecule has 0 radical (unpaired) electrons. The second-order valence-electron chi connectivity index (χ2n) is 11.7. The number of sulfone groups is 1. The lowest BCUT2D eigenvalue weighted by atomic mass is 9.69. The summed E-state index contributed by atoms with van der Waals surface area (Å²) in [7, 11) is -6.88. The van der Waals surface area contributed by atoms with E-state index >= 15 is 0 Å². The van der Waals surface area contributed by atoms with E-state index < -0.39 is 31.2 Å². The molecule has 1 aliphatic heterocycles. The third-order valence-electron chi connectivity index (χ3n) is 9.26. The van der Waals surface area contributed by atoms with Gasteiger partial charge in [0.25, 0.3) is 5.91 Å². The van der Waals surface area contributed by atoms with Crippen LogP contribution in [-0.2, 0) is 24.7 Å². The molecule has 3 unspecified atom stereocenters. The zero-order chi connectivity index (χ0) is 27.2. The lowest BCUT2D eigenvalue weighted by Crippen LogP contribution is -2.56. The predicted molar refractivity (Wildman–Crippen MR) is 146 cm³/mol. The summed E-state index contributed by atoms with van der Waals surface area (Å²) in [5.74, 6) is -0.599. The Hall–Kier alpha value is -1.98. The van der Waals surface area contributed by atoms with Crippen molar-refractivity contribution in [3.8, 4) is 0 Å². The van der Waals surface area contributed by atoms with Gasteiger partial charge >= 0.3 is 0 Å². The number of rotatable bonds is 9. The fourth-order valence-electron chi connectivity index (χ4n) is 6.81. The van der Waals surface area contributed by atoms with E-state index in [1.165, 1.54) is 5.56 Å². The highest BCUT2D eigenvalue weighted by Crippen LogP contribution is 2.66. The molecule has 37 heavy (non-hydrogen) atoms. The lowest BCUT2D eigenvalue weighted by Gasteiger charge is -2.44. The number of piperazine rings is 1. The van der Waals surface area contributed by atoms with Crippen LogP contribution in [0.2, 0.25) is 0 Å². The van der Waals surface area contributed by atoms with Crippen molar-refractivity contribution in [2.45, 2.75) is 52.5 Å². The molecule has 0 spiro atoms. The van der Waals surface area contributed by atoms with Crippen molar-refractivity contribution >= 4 is 37.2 Å². The molecule has 2 bridgehead atoms. The average molecular weight is 553 g/mol. The first-order valence-electron chi connectivity index (χ1n) is 13.0. The topological polar surface area (TPSA) is 128 Å². The first-order valence-corrected chi connectivity index (χ1v) is 16.7. The van der Waals surface area contributed by atoms with Crippen molar-refractivity contribution in [1.82, 2.24) is 9.62 Å². The summed E-state index contributed by atoms with van der Waals surface area (Å²) in [4.78, 5) is 15.0. The monoisotopic (exact) mass is 552 g/mol. The van der Waals surface area contributed by atoms with E-state index in [1.54, 1.807) is 4.31 Å². The van der Waals surface area contributed by atoms with E-state index in [2.05, 4.69) is 43.1 Å². The third kappa shape index (κ3) is 5.45. The van der Waals surface area contributed by atoms with Gasteiger partial charge in [-0.15, -0.1) is 0 Å². The first-order chi connectivity index (χ1) is 17.2. The van der Waals surface area contributed by atoms with Crippen LogP contribution < -0.4 is 10.2 Å². The zero-order valence-corrected chi connectivity index (χ0v) is 23.9. The summed E-state index contributed by atoms with van der Waals surface area (Å²) in [6.45, 7) is 8.37. The van der Waals surface area contributed by atoms with Crippen LogP contribution in [0.3, 0.4) is 0 Å². The van der Waals surface area contributed by atoms with Crippen LogP contribution in [0.4, 0.5) is 5.69 Å². The second-order valence-corrected chi connectivity index (χ2v) is 15.9. The summed E-state index contributed by atoms with van der Waals surface area (Å²) >= 11 is 0.